The fourth-order valence-electron chi connectivity index (χ4n) is 2.18. The van der Waals surface area contributed by atoms with Crippen LogP contribution < -0.4 is 10.1 Å². The number of nitrogens with one attached hydrogen (secondary N) is 1. The highest BCUT2D eigenvalue weighted by Gasteiger charge is 2.30. The molecule has 4 nitrogen and oxygen atoms in total. The number of hydrogen-bond acceptors (Lipinski definition) is 3. The van der Waals surface area contributed by atoms with Crippen LogP contribution in [0.2, 0.25) is 0 Å². The van der Waals surface area contributed by atoms with Crippen LogP contribution in [0.4, 0.5) is 4.39 Å². The monoisotopic (exact) mass is 280 g/mol. The molecule has 1 saturated heterocycles. The molecule has 110 valence electrons. The summed E-state index contributed by atoms with van der Waals surface area (Å²) in [7, 11) is 1.76. The minimum absolute atomic E-state index is 0.0229. The number of halogens is 1. The summed E-state index contributed by atoms with van der Waals surface area (Å²) in [6, 6.07) is 6.28. The lowest BCUT2D eigenvalue weighted by molar-refractivity contribution is -0.136. The lowest BCUT2D eigenvalue weighted by atomic mass is 9.88. The van der Waals surface area contributed by atoms with Gasteiger partial charge in [-0.1, -0.05) is 19.1 Å². The van der Waals surface area contributed by atoms with Crippen LogP contribution in [0.3, 0.4) is 0 Å². The maximum atomic E-state index is 13.3. The minimum atomic E-state index is -0.379. The van der Waals surface area contributed by atoms with E-state index in [1.54, 1.807) is 30.1 Å². The third kappa shape index (κ3) is 3.48. The van der Waals surface area contributed by atoms with E-state index in [0.717, 1.165) is 13.1 Å². The molecule has 1 fully saturated rings. The number of carbonyl (C=O) groups excluding carboxylic acids is 1. The molecular weight excluding hydrogens is 259 g/mol. The van der Waals surface area contributed by atoms with Crippen molar-refractivity contribution >= 4 is 5.91 Å². The van der Waals surface area contributed by atoms with Crippen molar-refractivity contribution in [1.29, 1.82) is 0 Å². The lowest BCUT2D eigenvalue weighted by Gasteiger charge is -2.33. The molecule has 0 spiro atoms. The molecule has 1 amide bonds. The van der Waals surface area contributed by atoms with Gasteiger partial charge < -0.3 is 15.0 Å². The highest BCUT2D eigenvalue weighted by atomic mass is 19.1. The Morgan fingerprint density at radius 1 is 1.50 bits per heavy atom. The smallest absolute Gasteiger partial charge is 0.225 e. The number of likely N-dealkylation sites (N-methyl/N-ethyl adjacent to an activating group) is 1. The molecule has 0 bridgehead atoms. The maximum absolute atomic E-state index is 13.3. The van der Waals surface area contributed by atoms with E-state index in [1.807, 2.05) is 6.92 Å². The molecular formula is C15H21FN2O2. The summed E-state index contributed by atoms with van der Waals surface area (Å²) >= 11 is 0. The van der Waals surface area contributed by atoms with Crippen LogP contribution in [0.15, 0.2) is 24.3 Å². The molecule has 0 aromatic heterocycles. The van der Waals surface area contributed by atoms with Gasteiger partial charge in [-0.05, 0) is 31.1 Å². The number of nitrogens with zero attached hydrogens (tertiary/aromatic N) is 1. The number of benzene rings is 1. The summed E-state index contributed by atoms with van der Waals surface area (Å²) < 4.78 is 18.7. The molecule has 1 N–H and O–H groups in total. The maximum Gasteiger partial charge on any atom is 0.225 e. The van der Waals surface area contributed by atoms with E-state index in [9.17, 15) is 9.18 Å². The second kappa shape index (κ2) is 6.70. The Balaban J connectivity index is 1.75. The first-order valence-electron chi connectivity index (χ1n) is 6.92. The van der Waals surface area contributed by atoms with Crippen LogP contribution in [0.25, 0.3) is 0 Å². The molecule has 1 aromatic rings. The number of amides is 1. The van der Waals surface area contributed by atoms with Crippen molar-refractivity contribution in [2.24, 2.45) is 11.8 Å². The van der Waals surface area contributed by atoms with Crippen LogP contribution in [-0.4, -0.2) is 44.1 Å². The summed E-state index contributed by atoms with van der Waals surface area (Å²) in [5, 5.41) is 3.17. The van der Waals surface area contributed by atoms with Crippen LogP contribution in [0.5, 0.6) is 5.75 Å². The average molecular weight is 280 g/mol. The van der Waals surface area contributed by atoms with Crippen LogP contribution in [-0.2, 0) is 4.79 Å². The van der Waals surface area contributed by atoms with Gasteiger partial charge in [0.15, 0.2) is 11.6 Å². The van der Waals surface area contributed by atoms with Crippen LogP contribution >= 0.6 is 0 Å². The molecule has 1 aromatic carbocycles. The Bertz CT molecular complexity index is 463. The largest absolute Gasteiger partial charge is 0.489 e. The number of hydrogen-bond donors (Lipinski definition) is 1. The van der Waals surface area contributed by atoms with Crippen molar-refractivity contribution in [3.8, 4) is 5.75 Å². The topological polar surface area (TPSA) is 41.6 Å². The number of para-hydroxylation sites is 1. The molecule has 1 unspecified atom stereocenters. The van der Waals surface area contributed by atoms with Crippen molar-refractivity contribution in [2.45, 2.75) is 6.92 Å². The first-order valence-corrected chi connectivity index (χ1v) is 6.92. The molecule has 0 radical (unpaired) electrons. The number of carbonyl (C=O) groups is 1. The highest BCUT2D eigenvalue weighted by Crippen LogP contribution is 2.18. The van der Waals surface area contributed by atoms with Gasteiger partial charge in [-0.3, -0.25) is 4.79 Å². The Morgan fingerprint density at radius 2 is 2.20 bits per heavy atom. The number of rotatable bonds is 6. The molecule has 1 atom stereocenters. The molecule has 20 heavy (non-hydrogen) atoms. The van der Waals surface area contributed by atoms with Gasteiger partial charge in [-0.25, -0.2) is 4.39 Å². The molecule has 0 aliphatic carbocycles. The quantitative estimate of drug-likeness (QED) is 0.859. The molecule has 2 rings (SSSR count). The molecule has 0 saturated carbocycles. The van der Waals surface area contributed by atoms with E-state index in [-0.39, 0.29) is 23.4 Å². The third-order valence-electron chi connectivity index (χ3n) is 3.81. The summed E-state index contributed by atoms with van der Waals surface area (Å²) in [4.78, 5) is 13.8. The second-order valence-corrected chi connectivity index (χ2v) is 5.25. The summed E-state index contributed by atoms with van der Waals surface area (Å²) in [6.45, 7) is 4.53. The van der Waals surface area contributed by atoms with Gasteiger partial charge in [0.1, 0.15) is 6.61 Å². The summed E-state index contributed by atoms with van der Waals surface area (Å²) in [5.41, 5.74) is 0. The zero-order valence-electron chi connectivity index (χ0n) is 11.9. The number of ether oxygens (including phenoxy) is 1. The minimum Gasteiger partial charge on any atom is -0.489 e. The van der Waals surface area contributed by atoms with Crippen molar-refractivity contribution in [1.82, 2.24) is 10.2 Å². The Hall–Kier alpha value is -1.62. The van der Waals surface area contributed by atoms with E-state index in [2.05, 4.69) is 5.32 Å². The van der Waals surface area contributed by atoms with Gasteiger partial charge in [0.25, 0.3) is 0 Å². The molecule has 1 aliphatic rings. The van der Waals surface area contributed by atoms with E-state index >= 15 is 0 Å². The standard InChI is InChI=1S/C15H21FN2O2/c1-11(12-9-17-10-12)15(19)18(2)7-8-20-14-6-4-3-5-13(14)16/h3-6,11-12,17H,7-10H2,1-2H3. The SMILES string of the molecule is CC(C(=O)N(C)CCOc1ccccc1F)C1CNC1. The van der Waals surface area contributed by atoms with Gasteiger partial charge in [-0.2, -0.15) is 0 Å². The Morgan fingerprint density at radius 3 is 2.80 bits per heavy atom. The van der Waals surface area contributed by atoms with E-state index in [0.29, 0.717) is 19.1 Å². The lowest BCUT2D eigenvalue weighted by Crippen LogP contribution is -2.50. The van der Waals surface area contributed by atoms with Gasteiger partial charge in [0.2, 0.25) is 5.91 Å². The van der Waals surface area contributed by atoms with Crippen molar-refractivity contribution in [2.75, 3.05) is 33.3 Å². The van der Waals surface area contributed by atoms with Crippen molar-refractivity contribution in [3.63, 3.8) is 0 Å². The van der Waals surface area contributed by atoms with Gasteiger partial charge in [0.05, 0.1) is 6.54 Å². The van der Waals surface area contributed by atoms with Crippen molar-refractivity contribution in [3.05, 3.63) is 30.1 Å². The summed E-state index contributed by atoms with van der Waals surface area (Å²) in [5.74, 6) is 0.417. The fourth-order valence-corrected chi connectivity index (χ4v) is 2.18. The van der Waals surface area contributed by atoms with Gasteiger partial charge >= 0.3 is 0 Å². The zero-order valence-corrected chi connectivity index (χ0v) is 11.9. The van der Waals surface area contributed by atoms with Crippen LogP contribution in [0, 0.1) is 17.7 Å². The Kier molecular flexibility index (Phi) is 4.95. The zero-order chi connectivity index (χ0) is 14.5. The normalized spacial score (nSPS) is 16.4. The second-order valence-electron chi connectivity index (χ2n) is 5.25. The molecule has 5 heteroatoms. The van der Waals surface area contributed by atoms with E-state index in [4.69, 9.17) is 4.74 Å². The first kappa shape index (κ1) is 14.8. The first-order chi connectivity index (χ1) is 9.59. The fraction of sp³-hybridized carbons (Fsp3) is 0.533. The Labute approximate surface area is 118 Å². The van der Waals surface area contributed by atoms with E-state index < -0.39 is 0 Å². The average Bonchev–Trinajstić information content (AvgIpc) is 2.38. The molecule has 1 heterocycles. The molecule has 1 aliphatic heterocycles. The predicted molar refractivity (Wildman–Crippen MR) is 75.1 cm³/mol. The third-order valence-corrected chi connectivity index (χ3v) is 3.81. The van der Waals surface area contributed by atoms with E-state index in [1.165, 1.54) is 6.07 Å². The van der Waals surface area contributed by atoms with Crippen LogP contribution in [0.1, 0.15) is 6.92 Å². The predicted octanol–water partition coefficient (Wildman–Crippen LogP) is 1.52. The van der Waals surface area contributed by atoms with Crippen molar-refractivity contribution < 1.29 is 13.9 Å². The van der Waals surface area contributed by atoms with Gasteiger partial charge in [-0.15, -0.1) is 0 Å². The highest BCUT2D eigenvalue weighted by molar-refractivity contribution is 5.78. The van der Waals surface area contributed by atoms with Gasteiger partial charge in [0, 0.05) is 13.0 Å². The summed E-state index contributed by atoms with van der Waals surface area (Å²) in [6.07, 6.45) is 0.